The standard InChI is InChI=1S/C15H25NO2/c1-11-8-14(18-6)12(2)7-13(11)9-16(5)15(3,4)10-17/h7-8,17H,9-10H2,1-6H3. The number of benzene rings is 1. The smallest absolute Gasteiger partial charge is 0.122 e. The molecule has 0 saturated heterocycles. The van der Waals surface area contributed by atoms with E-state index < -0.39 is 0 Å². The second-order valence-electron chi connectivity index (χ2n) is 5.57. The summed E-state index contributed by atoms with van der Waals surface area (Å²) in [6.45, 7) is 9.20. The maximum absolute atomic E-state index is 9.39. The van der Waals surface area contributed by atoms with E-state index in [2.05, 4.69) is 30.9 Å². The van der Waals surface area contributed by atoms with Crippen LogP contribution in [0.15, 0.2) is 12.1 Å². The highest BCUT2D eigenvalue weighted by atomic mass is 16.5. The molecule has 0 aromatic heterocycles. The highest BCUT2D eigenvalue weighted by molar-refractivity contribution is 5.41. The third-order valence-corrected chi connectivity index (χ3v) is 3.68. The molecule has 0 radical (unpaired) electrons. The first-order valence-corrected chi connectivity index (χ1v) is 6.28. The van der Waals surface area contributed by atoms with E-state index in [9.17, 15) is 5.11 Å². The Kier molecular flexibility index (Phi) is 4.77. The monoisotopic (exact) mass is 251 g/mol. The summed E-state index contributed by atoms with van der Waals surface area (Å²) >= 11 is 0. The Balaban J connectivity index is 2.95. The van der Waals surface area contributed by atoms with Crippen molar-refractivity contribution < 1.29 is 9.84 Å². The summed E-state index contributed by atoms with van der Waals surface area (Å²) in [4.78, 5) is 2.17. The lowest BCUT2D eigenvalue weighted by molar-refractivity contribution is 0.0732. The minimum absolute atomic E-state index is 0.150. The van der Waals surface area contributed by atoms with Gasteiger partial charge in [-0.3, -0.25) is 4.90 Å². The first-order valence-electron chi connectivity index (χ1n) is 6.28. The zero-order valence-electron chi connectivity index (χ0n) is 12.4. The molecule has 18 heavy (non-hydrogen) atoms. The van der Waals surface area contributed by atoms with Crippen molar-refractivity contribution in [2.75, 3.05) is 20.8 Å². The van der Waals surface area contributed by atoms with Gasteiger partial charge in [0.25, 0.3) is 0 Å². The summed E-state index contributed by atoms with van der Waals surface area (Å²) < 4.78 is 5.32. The molecule has 0 saturated carbocycles. The molecule has 0 unspecified atom stereocenters. The second kappa shape index (κ2) is 5.72. The van der Waals surface area contributed by atoms with Gasteiger partial charge in [-0.25, -0.2) is 0 Å². The van der Waals surface area contributed by atoms with Crippen LogP contribution in [-0.2, 0) is 6.54 Å². The first-order chi connectivity index (χ1) is 8.31. The molecule has 0 aliphatic carbocycles. The van der Waals surface area contributed by atoms with Gasteiger partial charge in [0.05, 0.1) is 13.7 Å². The van der Waals surface area contributed by atoms with Crippen LogP contribution in [0.1, 0.15) is 30.5 Å². The van der Waals surface area contributed by atoms with Crippen LogP contribution in [-0.4, -0.2) is 36.3 Å². The number of hydrogen-bond donors (Lipinski definition) is 1. The summed E-state index contributed by atoms with van der Waals surface area (Å²) in [6.07, 6.45) is 0. The number of ether oxygens (including phenoxy) is 1. The van der Waals surface area contributed by atoms with Crippen molar-refractivity contribution in [1.29, 1.82) is 0 Å². The molecule has 1 rings (SSSR count). The normalized spacial score (nSPS) is 12.0. The number of methoxy groups -OCH3 is 1. The summed E-state index contributed by atoms with van der Waals surface area (Å²) in [6, 6.07) is 4.24. The third kappa shape index (κ3) is 3.24. The fourth-order valence-electron chi connectivity index (χ4n) is 1.83. The summed E-state index contributed by atoms with van der Waals surface area (Å²) in [7, 11) is 3.73. The number of aliphatic hydroxyl groups is 1. The minimum Gasteiger partial charge on any atom is -0.496 e. The molecule has 0 aliphatic rings. The first kappa shape index (κ1) is 15.0. The molecule has 3 heteroatoms. The predicted octanol–water partition coefficient (Wildman–Crippen LogP) is 2.51. The van der Waals surface area contributed by atoms with Gasteiger partial charge in [0, 0.05) is 12.1 Å². The Hall–Kier alpha value is -1.06. The van der Waals surface area contributed by atoms with E-state index >= 15 is 0 Å². The molecule has 0 atom stereocenters. The molecule has 0 spiro atoms. The van der Waals surface area contributed by atoms with Crippen LogP contribution >= 0.6 is 0 Å². The molecule has 1 aromatic rings. The number of hydrogen-bond acceptors (Lipinski definition) is 3. The number of nitrogens with zero attached hydrogens (tertiary/aromatic N) is 1. The Labute approximate surface area is 110 Å². The van der Waals surface area contributed by atoms with Crippen molar-refractivity contribution >= 4 is 0 Å². The lowest BCUT2D eigenvalue weighted by atomic mass is 10.0. The second-order valence-corrected chi connectivity index (χ2v) is 5.57. The Morgan fingerprint density at radius 2 is 1.83 bits per heavy atom. The van der Waals surface area contributed by atoms with Crippen molar-refractivity contribution in [2.45, 2.75) is 39.8 Å². The summed E-state index contributed by atoms with van der Waals surface area (Å²) in [5, 5.41) is 9.39. The molecule has 0 bridgehead atoms. The Morgan fingerprint density at radius 1 is 1.22 bits per heavy atom. The van der Waals surface area contributed by atoms with Crippen molar-refractivity contribution in [3.63, 3.8) is 0 Å². The van der Waals surface area contributed by atoms with E-state index in [0.717, 1.165) is 17.9 Å². The molecule has 3 nitrogen and oxygen atoms in total. The topological polar surface area (TPSA) is 32.7 Å². The lowest BCUT2D eigenvalue weighted by Gasteiger charge is -2.34. The molecule has 0 amide bonds. The van der Waals surface area contributed by atoms with Crippen LogP contribution in [0.4, 0.5) is 0 Å². The maximum atomic E-state index is 9.39. The number of rotatable bonds is 5. The zero-order valence-corrected chi connectivity index (χ0v) is 12.4. The van der Waals surface area contributed by atoms with Crippen molar-refractivity contribution in [3.05, 3.63) is 28.8 Å². The van der Waals surface area contributed by atoms with Gasteiger partial charge in [-0.15, -0.1) is 0 Å². The van der Waals surface area contributed by atoms with Gasteiger partial charge in [0.15, 0.2) is 0 Å². The summed E-state index contributed by atoms with van der Waals surface area (Å²) in [5.74, 6) is 0.931. The summed E-state index contributed by atoms with van der Waals surface area (Å²) in [5.41, 5.74) is 3.43. The van der Waals surface area contributed by atoms with Gasteiger partial charge in [0.1, 0.15) is 5.75 Å². The van der Waals surface area contributed by atoms with Gasteiger partial charge in [-0.05, 0) is 57.5 Å². The number of likely N-dealkylation sites (N-methyl/N-ethyl adjacent to an activating group) is 1. The lowest BCUT2D eigenvalue weighted by Crippen LogP contribution is -2.43. The molecular weight excluding hydrogens is 226 g/mol. The molecule has 0 heterocycles. The highest BCUT2D eigenvalue weighted by Gasteiger charge is 2.22. The van der Waals surface area contributed by atoms with Crippen LogP contribution in [0.3, 0.4) is 0 Å². The molecule has 0 fully saturated rings. The van der Waals surface area contributed by atoms with Gasteiger partial charge in [-0.2, -0.15) is 0 Å². The third-order valence-electron chi connectivity index (χ3n) is 3.68. The largest absolute Gasteiger partial charge is 0.496 e. The van der Waals surface area contributed by atoms with Crippen LogP contribution in [0, 0.1) is 13.8 Å². The van der Waals surface area contributed by atoms with Gasteiger partial charge in [-0.1, -0.05) is 6.07 Å². The number of aryl methyl sites for hydroxylation is 2. The molecule has 102 valence electrons. The van der Waals surface area contributed by atoms with E-state index in [-0.39, 0.29) is 12.1 Å². The minimum atomic E-state index is -0.208. The van der Waals surface area contributed by atoms with E-state index in [1.165, 1.54) is 11.1 Å². The zero-order chi connectivity index (χ0) is 13.9. The van der Waals surface area contributed by atoms with E-state index in [1.54, 1.807) is 7.11 Å². The molecule has 1 N–H and O–H groups in total. The molecule has 1 aromatic carbocycles. The van der Waals surface area contributed by atoms with Gasteiger partial charge < -0.3 is 9.84 Å². The number of aliphatic hydroxyl groups excluding tert-OH is 1. The van der Waals surface area contributed by atoms with Crippen LogP contribution in [0.25, 0.3) is 0 Å². The van der Waals surface area contributed by atoms with E-state index in [4.69, 9.17) is 4.74 Å². The van der Waals surface area contributed by atoms with E-state index in [0.29, 0.717) is 0 Å². The quantitative estimate of drug-likeness (QED) is 0.873. The van der Waals surface area contributed by atoms with Crippen LogP contribution in [0.5, 0.6) is 5.75 Å². The SMILES string of the molecule is COc1cc(C)c(CN(C)C(C)(C)CO)cc1C. The maximum Gasteiger partial charge on any atom is 0.122 e. The van der Waals surface area contributed by atoms with Crippen molar-refractivity contribution in [3.8, 4) is 5.75 Å². The predicted molar refractivity (Wildman–Crippen MR) is 75.1 cm³/mol. The van der Waals surface area contributed by atoms with Gasteiger partial charge in [0.2, 0.25) is 0 Å². The average molecular weight is 251 g/mol. The Morgan fingerprint density at radius 3 is 2.33 bits per heavy atom. The van der Waals surface area contributed by atoms with Crippen LogP contribution < -0.4 is 4.74 Å². The molecular formula is C15H25NO2. The Bertz CT molecular complexity index is 413. The highest BCUT2D eigenvalue weighted by Crippen LogP contribution is 2.24. The van der Waals surface area contributed by atoms with Crippen molar-refractivity contribution in [1.82, 2.24) is 4.90 Å². The molecule has 0 aliphatic heterocycles. The van der Waals surface area contributed by atoms with Crippen LogP contribution in [0.2, 0.25) is 0 Å². The van der Waals surface area contributed by atoms with Crippen molar-refractivity contribution in [2.24, 2.45) is 0 Å². The fourth-order valence-corrected chi connectivity index (χ4v) is 1.83. The average Bonchev–Trinajstić information content (AvgIpc) is 2.33. The fraction of sp³-hybridized carbons (Fsp3) is 0.600. The van der Waals surface area contributed by atoms with Gasteiger partial charge >= 0.3 is 0 Å². The van der Waals surface area contributed by atoms with E-state index in [1.807, 2.05) is 20.9 Å².